The van der Waals surface area contributed by atoms with Crippen molar-refractivity contribution < 1.29 is 4.79 Å². The molecular formula is C16H28N4O. The molecule has 1 rings (SSSR count). The first kappa shape index (κ1) is 17.4. The number of hydrogen-bond donors (Lipinski definition) is 2. The number of nitrogens with one attached hydrogen (secondary N) is 1. The molecule has 0 aliphatic carbocycles. The van der Waals surface area contributed by atoms with E-state index in [0.717, 1.165) is 23.5 Å². The first-order valence-electron chi connectivity index (χ1n) is 7.35. The van der Waals surface area contributed by atoms with Crippen molar-refractivity contribution in [2.24, 2.45) is 5.73 Å². The average Bonchev–Trinajstić information content (AvgIpc) is 2.33. The van der Waals surface area contributed by atoms with Crippen LogP contribution in [0.4, 0.5) is 5.82 Å². The Labute approximate surface area is 127 Å². The van der Waals surface area contributed by atoms with Crippen LogP contribution in [-0.2, 0) is 11.3 Å². The fraction of sp³-hybridized carbons (Fsp3) is 0.625. The minimum absolute atomic E-state index is 0.0719. The van der Waals surface area contributed by atoms with Gasteiger partial charge in [-0.3, -0.25) is 4.79 Å². The largest absolute Gasteiger partial charge is 0.368 e. The van der Waals surface area contributed by atoms with Crippen molar-refractivity contribution >= 4 is 11.7 Å². The lowest BCUT2D eigenvalue weighted by atomic mass is 10.1. The molecule has 0 bridgehead atoms. The molecule has 5 nitrogen and oxygen atoms in total. The fourth-order valence-electron chi connectivity index (χ4n) is 2.06. The minimum atomic E-state index is -0.344. The standard InChI is InChI=1S/C16H28N4O/c1-11(2)20(10-14(17)21)15-12(3)7-13(8-18-15)9-19-16(4,5)6/h7-8,11,19H,9-10H2,1-6H3,(H2,17,21). The summed E-state index contributed by atoms with van der Waals surface area (Å²) in [6, 6.07) is 2.28. The molecular weight excluding hydrogens is 264 g/mol. The van der Waals surface area contributed by atoms with E-state index in [1.165, 1.54) is 0 Å². The molecule has 1 aromatic rings. The molecule has 0 unspecified atom stereocenters. The highest BCUT2D eigenvalue weighted by Gasteiger charge is 2.17. The van der Waals surface area contributed by atoms with Gasteiger partial charge in [-0.15, -0.1) is 0 Å². The van der Waals surface area contributed by atoms with Crippen LogP contribution in [-0.4, -0.2) is 29.0 Å². The van der Waals surface area contributed by atoms with E-state index in [-0.39, 0.29) is 24.0 Å². The van der Waals surface area contributed by atoms with Crippen LogP contribution in [0.25, 0.3) is 0 Å². The zero-order valence-electron chi connectivity index (χ0n) is 14.0. The molecule has 1 heterocycles. The molecule has 0 saturated carbocycles. The Morgan fingerprint density at radius 2 is 2.05 bits per heavy atom. The number of nitrogens with zero attached hydrogens (tertiary/aromatic N) is 2. The van der Waals surface area contributed by atoms with Crippen molar-refractivity contribution in [2.75, 3.05) is 11.4 Å². The number of carbonyl (C=O) groups excluding carboxylic acids is 1. The molecule has 3 N–H and O–H groups in total. The molecule has 0 radical (unpaired) electrons. The maximum atomic E-state index is 11.2. The van der Waals surface area contributed by atoms with E-state index < -0.39 is 0 Å². The van der Waals surface area contributed by atoms with Crippen molar-refractivity contribution in [1.29, 1.82) is 0 Å². The zero-order chi connectivity index (χ0) is 16.2. The van der Waals surface area contributed by atoms with Crippen LogP contribution in [0.2, 0.25) is 0 Å². The number of rotatable bonds is 6. The second kappa shape index (κ2) is 6.89. The van der Waals surface area contributed by atoms with Crippen LogP contribution in [0.1, 0.15) is 45.7 Å². The number of carbonyl (C=O) groups is 1. The Bertz CT molecular complexity index is 492. The number of anilines is 1. The van der Waals surface area contributed by atoms with E-state index in [0.29, 0.717) is 0 Å². The predicted octanol–water partition coefficient (Wildman–Crippen LogP) is 1.98. The molecule has 0 spiro atoms. The van der Waals surface area contributed by atoms with Gasteiger partial charge < -0.3 is 16.0 Å². The van der Waals surface area contributed by atoms with E-state index in [4.69, 9.17) is 5.73 Å². The number of hydrogen-bond acceptors (Lipinski definition) is 4. The van der Waals surface area contributed by atoms with E-state index in [9.17, 15) is 4.79 Å². The Hall–Kier alpha value is -1.62. The lowest BCUT2D eigenvalue weighted by Gasteiger charge is -2.28. The third kappa shape index (κ3) is 5.71. The quantitative estimate of drug-likeness (QED) is 0.841. The summed E-state index contributed by atoms with van der Waals surface area (Å²) in [5, 5.41) is 3.44. The van der Waals surface area contributed by atoms with Crippen molar-refractivity contribution in [3.8, 4) is 0 Å². The molecule has 0 atom stereocenters. The SMILES string of the molecule is Cc1cc(CNC(C)(C)C)cnc1N(CC(N)=O)C(C)C. The Balaban J connectivity index is 2.92. The van der Waals surface area contributed by atoms with Crippen LogP contribution in [0.15, 0.2) is 12.3 Å². The Kier molecular flexibility index (Phi) is 5.72. The number of amides is 1. The van der Waals surface area contributed by atoms with Gasteiger partial charge in [0.15, 0.2) is 0 Å². The Morgan fingerprint density at radius 3 is 2.48 bits per heavy atom. The smallest absolute Gasteiger partial charge is 0.237 e. The van der Waals surface area contributed by atoms with Gasteiger partial charge in [0.25, 0.3) is 0 Å². The second-order valence-corrected chi connectivity index (χ2v) is 6.78. The molecule has 0 aliphatic rings. The van der Waals surface area contributed by atoms with Gasteiger partial charge in [0, 0.05) is 24.3 Å². The topological polar surface area (TPSA) is 71.2 Å². The van der Waals surface area contributed by atoms with Gasteiger partial charge in [-0.25, -0.2) is 4.98 Å². The van der Waals surface area contributed by atoms with Gasteiger partial charge in [0.1, 0.15) is 5.82 Å². The number of primary amides is 1. The summed E-state index contributed by atoms with van der Waals surface area (Å²) in [6.45, 7) is 13.4. The van der Waals surface area contributed by atoms with Gasteiger partial charge in [-0.05, 0) is 58.7 Å². The molecule has 0 saturated heterocycles. The highest BCUT2D eigenvalue weighted by atomic mass is 16.1. The van der Waals surface area contributed by atoms with Gasteiger partial charge in [0.05, 0.1) is 6.54 Å². The van der Waals surface area contributed by atoms with Crippen LogP contribution >= 0.6 is 0 Å². The summed E-state index contributed by atoms with van der Waals surface area (Å²) >= 11 is 0. The monoisotopic (exact) mass is 292 g/mol. The van der Waals surface area contributed by atoms with Crippen LogP contribution in [0.5, 0.6) is 0 Å². The molecule has 118 valence electrons. The van der Waals surface area contributed by atoms with Gasteiger partial charge >= 0.3 is 0 Å². The zero-order valence-corrected chi connectivity index (χ0v) is 14.0. The van der Waals surface area contributed by atoms with Crippen LogP contribution in [0, 0.1) is 6.92 Å². The summed E-state index contributed by atoms with van der Waals surface area (Å²) in [6.07, 6.45) is 1.86. The van der Waals surface area contributed by atoms with Gasteiger partial charge in [-0.1, -0.05) is 0 Å². The number of aryl methyl sites for hydroxylation is 1. The van der Waals surface area contributed by atoms with Crippen molar-refractivity contribution in [1.82, 2.24) is 10.3 Å². The summed E-state index contributed by atoms with van der Waals surface area (Å²) in [4.78, 5) is 17.7. The first-order valence-corrected chi connectivity index (χ1v) is 7.35. The maximum Gasteiger partial charge on any atom is 0.237 e. The Morgan fingerprint density at radius 1 is 1.43 bits per heavy atom. The van der Waals surface area contributed by atoms with E-state index in [1.54, 1.807) is 0 Å². The highest BCUT2D eigenvalue weighted by Crippen LogP contribution is 2.20. The van der Waals surface area contributed by atoms with Crippen LogP contribution in [0.3, 0.4) is 0 Å². The summed E-state index contributed by atoms with van der Waals surface area (Å²) in [5.74, 6) is 0.478. The molecule has 0 aromatic carbocycles. The van der Waals surface area contributed by atoms with E-state index in [2.05, 4.69) is 37.1 Å². The molecule has 0 aliphatic heterocycles. The number of nitrogens with two attached hydrogens (primary N) is 1. The van der Waals surface area contributed by atoms with Gasteiger partial charge in [-0.2, -0.15) is 0 Å². The second-order valence-electron chi connectivity index (χ2n) is 6.78. The van der Waals surface area contributed by atoms with E-state index in [1.807, 2.05) is 31.9 Å². The number of pyridine rings is 1. The van der Waals surface area contributed by atoms with Crippen molar-refractivity contribution in [2.45, 2.75) is 59.7 Å². The fourth-order valence-corrected chi connectivity index (χ4v) is 2.06. The molecule has 5 heteroatoms. The van der Waals surface area contributed by atoms with Crippen molar-refractivity contribution in [3.05, 3.63) is 23.4 Å². The molecule has 1 amide bonds. The highest BCUT2D eigenvalue weighted by molar-refractivity contribution is 5.79. The number of aromatic nitrogens is 1. The van der Waals surface area contributed by atoms with Crippen molar-refractivity contribution in [3.63, 3.8) is 0 Å². The first-order chi connectivity index (χ1) is 9.60. The normalized spacial score (nSPS) is 11.8. The minimum Gasteiger partial charge on any atom is -0.368 e. The average molecular weight is 292 g/mol. The van der Waals surface area contributed by atoms with E-state index >= 15 is 0 Å². The predicted molar refractivity (Wildman–Crippen MR) is 87.2 cm³/mol. The van der Waals surface area contributed by atoms with Gasteiger partial charge in [0.2, 0.25) is 5.91 Å². The van der Waals surface area contributed by atoms with Crippen LogP contribution < -0.4 is 16.0 Å². The summed E-state index contributed by atoms with van der Waals surface area (Å²) in [5.41, 5.74) is 7.58. The summed E-state index contributed by atoms with van der Waals surface area (Å²) in [7, 11) is 0. The lowest BCUT2D eigenvalue weighted by Crippen LogP contribution is -2.39. The lowest BCUT2D eigenvalue weighted by molar-refractivity contribution is -0.116. The summed E-state index contributed by atoms with van der Waals surface area (Å²) < 4.78 is 0. The third-order valence-corrected chi connectivity index (χ3v) is 3.15. The molecule has 0 fully saturated rings. The third-order valence-electron chi connectivity index (χ3n) is 3.15. The maximum absolute atomic E-state index is 11.2. The molecule has 21 heavy (non-hydrogen) atoms. The molecule has 1 aromatic heterocycles.